The van der Waals surface area contributed by atoms with Crippen LogP contribution in [0.5, 0.6) is 0 Å². The second-order valence-corrected chi connectivity index (χ2v) is 4.97. The van der Waals surface area contributed by atoms with Crippen LogP contribution in [0.2, 0.25) is 0 Å². The maximum absolute atomic E-state index is 12.5. The molecular weight excluding hydrogens is 243 g/mol. The average molecular weight is 255 g/mol. The molecule has 2 nitrogen and oxygen atoms in total. The Bertz CT molecular complexity index is 471. The predicted molar refractivity (Wildman–Crippen MR) is 58.5 cm³/mol. The molecule has 1 aliphatic carbocycles. The van der Waals surface area contributed by atoms with Crippen molar-refractivity contribution in [2.45, 2.75) is 18.6 Å². The molecule has 1 aromatic rings. The van der Waals surface area contributed by atoms with Crippen molar-refractivity contribution in [3.05, 3.63) is 35.9 Å². The summed E-state index contributed by atoms with van der Waals surface area (Å²) in [5, 5.41) is 0. The van der Waals surface area contributed by atoms with Crippen LogP contribution in [-0.2, 0) is 4.79 Å². The van der Waals surface area contributed by atoms with Gasteiger partial charge in [0.2, 0.25) is 0 Å². The molecule has 0 unspecified atom stereocenters. The highest BCUT2D eigenvalue weighted by Gasteiger charge is 2.58. The first kappa shape index (κ1) is 11.6. The Morgan fingerprint density at radius 3 is 2.50 bits per heavy atom. The highest BCUT2D eigenvalue weighted by atomic mass is 19.4. The Labute approximate surface area is 102 Å². The van der Waals surface area contributed by atoms with Crippen molar-refractivity contribution < 1.29 is 18.0 Å². The van der Waals surface area contributed by atoms with Gasteiger partial charge in [0.25, 0.3) is 0 Å². The number of rotatable bonds is 1. The van der Waals surface area contributed by atoms with Gasteiger partial charge in [-0.05, 0) is 23.8 Å². The highest BCUT2D eigenvalue weighted by Crippen LogP contribution is 2.56. The quantitative estimate of drug-likeness (QED) is 0.755. The number of alkyl halides is 3. The van der Waals surface area contributed by atoms with Gasteiger partial charge in [-0.2, -0.15) is 13.2 Å². The molecule has 0 spiro atoms. The zero-order chi connectivity index (χ0) is 12.9. The molecule has 0 bridgehead atoms. The van der Waals surface area contributed by atoms with E-state index in [1.165, 1.54) is 0 Å². The summed E-state index contributed by atoms with van der Waals surface area (Å²) in [4.78, 5) is 12.4. The molecule has 1 heterocycles. The summed E-state index contributed by atoms with van der Waals surface area (Å²) < 4.78 is 37.6. The number of piperidine rings is 1. The molecule has 0 radical (unpaired) electrons. The fourth-order valence-electron chi connectivity index (χ4n) is 2.91. The molecule has 1 amide bonds. The van der Waals surface area contributed by atoms with Gasteiger partial charge < -0.3 is 4.90 Å². The number of hydrogen-bond acceptors (Lipinski definition) is 1. The van der Waals surface area contributed by atoms with E-state index in [0.29, 0.717) is 0 Å². The second-order valence-electron chi connectivity index (χ2n) is 4.97. The molecule has 0 N–H and O–H groups in total. The van der Waals surface area contributed by atoms with Crippen molar-refractivity contribution >= 4 is 5.91 Å². The highest BCUT2D eigenvalue weighted by molar-refractivity contribution is 5.83. The standard InChI is InChI=1S/C13H12F3NO/c14-13(15,16)12(18)17-7-9-6-10(9)11(17)8-4-2-1-3-5-8/h1-5,9-11H,6-7H2/t9-,10-,11-/m1/s1. The Morgan fingerprint density at radius 1 is 1.22 bits per heavy atom. The van der Waals surface area contributed by atoms with Gasteiger partial charge in [0.15, 0.2) is 0 Å². The number of amides is 1. The zero-order valence-electron chi connectivity index (χ0n) is 9.52. The van der Waals surface area contributed by atoms with Gasteiger partial charge in [-0.15, -0.1) is 0 Å². The summed E-state index contributed by atoms with van der Waals surface area (Å²) in [5.41, 5.74) is 0.806. The molecule has 2 aliphatic rings. The van der Waals surface area contributed by atoms with E-state index < -0.39 is 18.1 Å². The minimum absolute atomic E-state index is 0.207. The van der Waals surface area contributed by atoms with Crippen molar-refractivity contribution in [2.75, 3.05) is 6.54 Å². The summed E-state index contributed by atoms with van der Waals surface area (Å²) in [7, 11) is 0. The van der Waals surface area contributed by atoms with E-state index in [1.54, 1.807) is 24.3 Å². The van der Waals surface area contributed by atoms with Crippen LogP contribution in [0.15, 0.2) is 30.3 Å². The topological polar surface area (TPSA) is 20.3 Å². The van der Waals surface area contributed by atoms with Gasteiger partial charge in [0.1, 0.15) is 0 Å². The van der Waals surface area contributed by atoms with E-state index in [-0.39, 0.29) is 18.4 Å². The van der Waals surface area contributed by atoms with E-state index in [0.717, 1.165) is 16.9 Å². The first-order valence-electron chi connectivity index (χ1n) is 5.91. The lowest BCUT2D eigenvalue weighted by Crippen LogP contribution is -2.42. The number of carbonyl (C=O) groups is 1. The molecule has 1 aromatic carbocycles. The monoisotopic (exact) mass is 255 g/mol. The molecule has 1 aliphatic heterocycles. The van der Waals surface area contributed by atoms with Crippen molar-refractivity contribution in [1.82, 2.24) is 4.90 Å². The van der Waals surface area contributed by atoms with Crippen LogP contribution in [-0.4, -0.2) is 23.5 Å². The zero-order valence-corrected chi connectivity index (χ0v) is 9.52. The maximum Gasteiger partial charge on any atom is 0.471 e. The Kier molecular flexibility index (Phi) is 2.40. The van der Waals surface area contributed by atoms with Crippen LogP contribution in [0.25, 0.3) is 0 Å². The normalized spacial score (nSPS) is 30.2. The van der Waals surface area contributed by atoms with Gasteiger partial charge in [0, 0.05) is 6.54 Å². The fourth-order valence-corrected chi connectivity index (χ4v) is 2.91. The Hall–Kier alpha value is -1.52. The van der Waals surface area contributed by atoms with Crippen LogP contribution in [0.4, 0.5) is 13.2 Å². The third kappa shape index (κ3) is 1.78. The Balaban J connectivity index is 1.90. The molecule has 5 heteroatoms. The van der Waals surface area contributed by atoms with Gasteiger partial charge in [-0.1, -0.05) is 30.3 Å². The van der Waals surface area contributed by atoms with Crippen molar-refractivity contribution in [3.63, 3.8) is 0 Å². The SMILES string of the molecule is O=C(N1C[C@H]2C[C@H]2[C@H]1c1ccccc1)C(F)(F)F. The predicted octanol–water partition coefficient (Wildman–Crippen LogP) is 2.77. The number of nitrogens with zero attached hydrogens (tertiary/aromatic N) is 1. The van der Waals surface area contributed by atoms with Gasteiger partial charge in [0.05, 0.1) is 6.04 Å². The summed E-state index contributed by atoms with van der Waals surface area (Å²) in [6.45, 7) is 0.239. The first-order valence-corrected chi connectivity index (χ1v) is 5.91. The molecule has 3 rings (SSSR count). The number of likely N-dealkylation sites (tertiary alicyclic amines) is 1. The summed E-state index contributed by atoms with van der Waals surface area (Å²) >= 11 is 0. The lowest BCUT2D eigenvalue weighted by atomic mass is 10.0. The van der Waals surface area contributed by atoms with Crippen molar-refractivity contribution in [2.24, 2.45) is 11.8 Å². The minimum Gasteiger partial charge on any atom is -0.327 e. The van der Waals surface area contributed by atoms with Crippen LogP contribution < -0.4 is 0 Å². The smallest absolute Gasteiger partial charge is 0.327 e. The summed E-state index contributed by atoms with van der Waals surface area (Å²) in [6, 6.07) is 8.59. The third-order valence-electron chi connectivity index (χ3n) is 3.79. The van der Waals surface area contributed by atoms with E-state index >= 15 is 0 Å². The molecule has 2 fully saturated rings. The molecule has 3 atom stereocenters. The van der Waals surface area contributed by atoms with Crippen molar-refractivity contribution in [3.8, 4) is 0 Å². The summed E-state index contributed by atoms with van der Waals surface area (Å²) in [5.74, 6) is -1.25. The number of halogens is 3. The van der Waals surface area contributed by atoms with Crippen LogP contribution >= 0.6 is 0 Å². The number of benzene rings is 1. The van der Waals surface area contributed by atoms with Gasteiger partial charge in [-0.25, -0.2) is 0 Å². The van der Waals surface area contributed by atoms with E-state index in [1.807, 2.05) is 6.07 Å². The number of hydrogen-bond donors (Lipinski definition) is 0. The molecule has 18 heavy (non-hydrogen) atoms. The largest absolute Gasteiger partial charge is 0.471 e. The fraction of sp³-hybridized carbons (Fsp3) is 0.462. The minimum atomic E-state index is -4.77. The molecule has 1 saturated heterocycles. The molecular formula is C13H12F3NO. The van der Waals surface area contributed by atoms with Crippen LogP contribution in [0.1, 0.15) is 18.0 Å². The summed E-state index contributed by atoms with van der Waals surface area (Å²) in [6.07, 6.45) is -3.84. The van der Waals surface area contributed by atoms with E-state index in [9.17, 15) is 18.0 Å². The average Bonchev–Trinajstić information content (AvgIpc) is 2.99. The molecule has 0 aromatic heterocycles. The Morgan fingerprint density at radius 2 is 1.89 bits per heavy atom. The van der Waals surface area contributed by atoms with Gasteiger partial charge >= 0.3 is 12.1 Å². The number of carbonyl (C=O) groups excluding carboxylic acids is 1. The molecule has 96 valence electrons. The first-order chi connectivity index (χ1) is 8.48. The number of fused-ring (bicyclic) bond motifs is 1. The van der Waals surface area contributed by atoms with E-state index in [4.69, 9.17) is 0 Å². The van der Waals surface area contributed by atoms with Gasteiger partial charge in [-0.3, -0.25) is 4.79 Å². The lowest BCUT2D eigenvalue weighted by molar-refractivity contribution is -0.187. The third-order valence-corrected chi connectivity index (χ3v) is 3.79. The van der Waals surface area contributed by atoms with Crippen LogP contribution in [0.3, 0.4) is 0 Å². The van der Waals surface area contributed by atoms with E-state index in [2.05, 4.69) is 0 Å². The molecule has 1 saturated carbocycles. The maximum atomic E-state index is 12.5. The van der Waals surface area contributed by atoms with Crippen LogP contribution in [0, 0.1) is 11.8 Å². The lowest BCUT2D eigenvalue weighted by Gasteiger charge is -2.28. The second kappa shape index (κ2) is 3.73. The van der Waals surface area contributed by atoms with Crippen molar-refractivity contribution in [1.29, 1.82) is 0 Å².